The Bertz CT molecular complexity index is 1530. The topological polar surface area (TPSA) is 34.3 Å². The third-order valence-electron chi connectivity index (χ3n) is 5.37. The highest BCUT2D eigenvalue weighted by molar-refractivity contribution is 6.33. The van der Waals surface area contributed by atoms with Gasteiger partial charge in [-0.1, -0.05) is 54.1 Å². The number of benzene rings is 4. The molecule has 0 aliphatic carbocycles. The summed E-state index contributed by atoms with van der Waals surface area (Å²) >= 11 is 6.35. The molecule has 144 valence electrons. The minimum absolute atomic E-state index is 0.692. The molecule has 0 saturated carbocycles. The van der Waals surface area contributed by atoms with Crippen LogP contribution in [0.25, 0.3) is 33.5 Å². The molecule has 0 radical (unpaired) electrons. The van der Waals surface area contributed by atoms with Crippen LogP contribution in [0.1, 0.15) is 0 Å². The number of nitrogens with zero attached hydrogens (tertiary/aromatic N) is 3. The van der Waals surface area contributed by atoms with E-state index in [1.54, 1.807) is 0 Å². The molecule has 4 nitrogen and oxygen atoms in total. The van der Waals surface area contributed by atoms with E-state index in [4.69, 9.17) is 16.6 Å². The first-order valence-electron chi connectivity index (χ1n) is 9.78. The van der Waals surface area contributed by atoms with E-state index >= 15 is 0 Å². The summed E-state index contributed by atoms with van der Waals surface area (Å²) < 4.78 is 4.42. The molecule has 6 aromatic rings. The largest absolute Gasteiger partial charge is 0.354 e. The van der Waals surface area contributed by atoms with Crippen LogP contribution < -0.4 is 5.32 Å². The number of hydrogen-bond acceptors (Lipinski definition) is 2. The Morgan fingerprint density at radius 2 is 1.47 bits per heavy atom. The minimum atomic E-state index is 0.692. The monoisotopic (exact) mass is 408 g/mol. The first-order valence-corrected chi connectivity index (χ1v) is 10.2. The molecule has 0 aliphatic rings. The number of para-hydroxylation sites is 4. The molecule has 1 N–H and O–H groups in total. The number of imidazole rings is 2. The molecule has 0 unspecified atom stereocenters. The van der Waals surface area contributed by atoms with Gasteiger partial charge in [0.1, 0.15) is 0 Å². The highest BCUT2D eigenvalue weighted by Gasteiger charge is 2.17. The highest BCUT2D eigenvalue weighted by atomic mass is 35.5. The summed E-state index contributed by atoms with van der Waals surface area (Å²) in [6, 6.07) is 32.7. The molecule has 0 bridgehead atoms. The molecule has 2 heterocycles. The number of fused-ring (bicyclic) bond motifs is 5. The quantitative estimate of drug-likeness (QED) is 0.348. The average molecular weight is 409 g/mol. The highest BCUT2D eigenvalue weighted by Crippen LogP contribution is 2.32. The lowest BCUT2D eigenvalue weighted by atomic mass is 10.2. The van der Waals surface area contributed by atoms with Gasteiger partial charge < -0.3 is 5.32 Å². The van der Waals surface area contributed by atoms with E-state index in [1.807, 2.05) is 48.5 Å². The first kappa shape index (κ1) is 17.1. The second-order valence-electron chi connectivity index (χ2n) is 7.22. The summed E-state index contributed by atoms with van der Waals surface area (Å²) in [7, 11) is 0. The minimum Gasteiger partial charge on any atom is -0.354 e. The molecule has 0 fully saturated rings. The van der Waals surface area contributed by atoms with Gasteiger partial charge in [0, 0.05) is 11.4 Å². The van der Waals surface area contributed by atoms with Crippen LogP contribution in [0.15, 0.2) is 97.1 Å². The van der Waals surface area contributed by atoms with Crippen LogP contribution in [0.5, 0.6) is 0 Å². The summed E-state index contributed by atoms with van der Waals surface area (Å²) in [5.41, 5.74) is 7.18. The van der Waals surface area contributed by atoms with Crippen LogP contribution in [0.3, 0.4) is 0 Å². The van der Waals surface area contributed by atoms with Gasteiger partial charge in [0.2, 0.25) is 5.78 Å². The van der Waals surface area contributed by atoms with Crippen LogP contribution in [0.2, 0.25) is 5.02 Å². The SMILES string of the molecule is Clc1ccccc1Nc1ccc2c(c1)n(-c1ccccc1)c1nc3ccccc3n21. The molecular formula is C25H17ClN4. The number of anilines is 2. The van der Waals surface area contributed by atoms with Gasteiger partial charge in [-0.05, 0) is 54.6 Å². The van der Waals surface area contributed by atoms with E-state index in [0.717, 1.165) is 44.9 Å². The van der Waals surface area contributed by atoms with E-state index in [-0.39, 0.29) is 0 Å². The van der Waals surface area contributed by atoms with Gasteiger partial charge in [0.15, 0.2) is 0 Å². The van der Waals surface area contributed by atoms with E-state index in [9.17, 15) is 0 Å². The van der Waals surface area contributed by atoms with Crippen molar-refractivity contribution in [2.75, 3.05) is 5.32 Å². The fourth-order valence-corrected chi connectivity index (χ4v) is 4.21. The fourth-order valence-electron chi connectivity index (χ4n) is 4.03. The Labute approximate surface area is 178 Å². The molecule has 0 spiro atoms. The van der Waals surface area contributed by atoms with Crippen LogP contribution in [0, 0.1) is 0 Å². The summed E-state index contributed by atoms with van der Waals surface area (Å²) in [5.74, 6) is 0.896. The van der Waals surface area contributed by atoms with Gasteiger partial charge >= 0.3 is 0 Å². The van der Waals surface area contributed by atoms with E-state index in [1.165, 1.54) is 0 Å². The standard InChI is InChI=1S/C25H17ClN4/c26-19-10-4-5-11-20(19)27-17-14-15-23-24(16-17)29(18-8-2-1-3-9-18)25-28-21-12-6-7-13-22(21)30(23)25/h1-16,27H. The van der Waals surface area contributed by atoms with Crippen molar-refractivity contribution in [2.45, 2.75) is 0 Å². The maximum absolute atomic E-state index is 6.35. The fraction of sp³-hybridized carbons (Fsp3) is 0. The first-order chi connectivity index (χ1) is 14.8. The van der Waals surface area contributed by atoms with E-state index < -0.39 is 0 Å². The summed E-state index contributed by atoms with van der Waals surface area (Å²) in [6.07, 6.45) is 0. The molecule has 4 aromatic carbocycles. The molecule has 0 amide bonds. The van der Waals surface area contributed by atoms with Crippen LogP contribution >= 0.6 is 11.6 Å². The van der Waals surface area contributed by atoms with Gasteiger partial charge in [-0.3, -0.25) is 8.97 Å². The zero-order valence-electron chi connectivity index (χ0n) is 16.0. The third-order valence-corrected chi connectivity index (χ3v) is 5.70. The molecule has 5 heteroatoms. The van der Waals surface area contributed by atoms with Gasteiger partial charge in [0.05, 0.1) is 32.8 Å². The van der Waals surface area contributed by atoms with Crippen LogP contribution in [-0.2, 0) is 0 Å². The van der Waals surface area contributed by atoms with Gasteiger partial charge in [-0.25, -0.2) is 4.98 Å². The van der Waals surface area contributed by atoms with Crippen molar-refractivity contribution in [3.05, 3.63) is 102 Å². The molecule has 0 saturated heterocycles. The lowest BCUT2D eigenvalue weighted by molar-refractivity contribution is 1.11. The number of rotatable bonds is 3. The Morgan fingerprint density at radius 1 is 0.700 bits per heavy atom. The zero-order chi connectivity index (χ0) is 20.1. The van der Waals surface area contributed by atoms with Gasteiger partial charge in [0.25, 0.3) is 0 Å². The van der Waals surface area contributed by atoms with Crippen molar-refractivity contribution in [1.29, 1.82) is 0 Å². The number of aromatic nitrogens is 3. The predicted molar refractivity (Wildman–Crippen MR) is 124 cm³/mol. The summed E-state index contributed by atoms with van der Waals surface area (Å²) in [5, 5.41) is 4.13. The van der Waals surface area contributed by atoms with Crippen LogP contribution in [-0.4, -0.2) is 14.0 Å². The maximum atomic E-state index is 6.35. The van der Waals surface area contributed by atoms with Crippen LogP contribution in [0.4, 0.5) is 11.4 Å². The zero-order valence-corrected chi connectivity index (χ0v) is 16.7. The van der Waals surface area contributed by atoms with Gasteiger partial charge in [-0.2, -0.15) is 0 Å². The Balaban J connectivity index is 1.65. The second-order valence-corrected chi connectivity index (χ2v) is 7.62. The molecule has 6 rings (SSSR count). The molecular weight excluding hydrogens is 392 g/mol. The van der Waals surface area contributed by atoms with Crippen molar-refractivity contribution in [3.63, 3.8) is 0 Å². The smallest absolute Gasteiger partial charge is 0.220 e. The number of halogens is 1. The number of hydrogen-bond donors (Lipinski definition) is 1. The Kier molecular flexibility index (Phi) is 3.79. The van der Waals surface area contributed by atoms with Crippen molar-refractivity contribution in [1.82, 2.24) is 14.0 Å². The van der Waals surface area contributed by atoms with Crippen molar-refractivity contribution >= 4 is 50.8 Å². The van der Waals surface area contributed by atoms with E-state index in [0.29, 0.717) is 5.02 Å². The lowest BCUT2D eigenvalue weighted by Gasteiger charge is -2.10. The molecule has 0 atom stereocenters. The average Bonchev–Trinajstić information content (AvgIpc) is 3.30. The lowest BCUT2D eigenvalue weighted by Crippen LogP contribution is -1.96. The second kappa shape index (κ2) is 6.65. The number of nitrogens with one attached hydrogen (secondary N) is 1. The van der Waals surface area contributed by atoms with Crippen molar-refractivity contribution in [3.8, 4) is 5.69 Å². The molecule has 30 heavy (non-hydrogen) atoms. The Morgan fingerprint density at radius 3 is 2.33 bits per heavy atom. The predicted octanol–water partition coefficient (Wildman–Crippen LogP) is 6.83. The third kappa shape index (κ3) is 2.58. The molecule has 0 aliphatic heterocycles. The Hall–Kier alpha value is -3.76. The summed E-state index contributed by atoms with van der Waals surface area (Å²) in [6.45, 7) is 0. The van der Waals surface area contributed by atoms with Crippen molar-refractivity contribution < 1.29 is 0 Å². The summed E-state index contributed by atoms with van der Waals surface area (Å²) in [4.78, 5) is 4.94. The molecule has 2 aromatic heterocycles. The van der Waals surface area contributed by atoms with E-state index in [2.05, 4.69) is 62.8 Å². The maximum Gasteiger partial charge on any atom is 0.220 e. The van der Waals surface area contributed by atoms with Crippen molar-refractivity contribution in [2.24, 2.45) is 0 Å². The van der Waals surface area contributed by atoms with Gasteiger partial charge in [-0.15, -0.1) is 0 Å². The normalized spacial score (nSPS) is 11.5.